The zero-order valence-electron chi connectivity index (χ0n) is 28.0. The molecule has 3 aromatic heterocycles. The summed E-state index contributed by atoms with van der Waals surface area (Å²) in [6, 6.07) is 54.6. The highest BCUT2D eigenvalue weighted by molar-refractivity contribution is 6.21. The lowest BCUT2D eigenvalue weighted by Crippen LogP contribution is -2.04. The van der Waals surface area contributed by atoms with Gasteiger partial charge in [0.15, 0.2) is 0 Å². The van der Waals surface area contributed by atoms with E-state index < -0.39 is 0 Å². The topological polar surface area (TPSA) is 35.6 Å². The fourth-order valence-electron chi connectivity index (χ4n) is 8.01. The third kappa shape index (κ3) is 4.38. The second kappa shape index (κ2) is 11.1. The molecule has 4 nitrogen and oxygen atoms in total. The Morgan fingerprint density at radius 3 is 2.00 bits per heavy atom. The van der Waals surface area contributed by atoms with E-state index in [0.717, 1.165) is 45.3 Å². The zero-order valence-corrected chi connectivity index (χ0v) is 28.0. The second-order valence-electron chi connectivity index (χ2n) is 13.8. The minimum atomic E-state index is 0.545. The molecule has 0 spiro atoms. The predicted molar refractivity (Wildman–Crippen MR) is 210 cm³/mol. The summed E-state index contributed by atoms with van der Waals surface area (Å²) in [5, 5.41) is 8.39. The van der Waals surface area contributed by atoms with Crippen molar-refractivity contribution in [2.75, 3.05) is 0 Å². The molecule has 10 aromatic rings. The highest BCUT2D eigenvalue weighted by atomic mass is 15.2. The summed E-state index contributed by atoms with van der Waals surface area (Å²) < 4.78 is 4.61. The molecular formula is C46H34N4. The van der Waals surface area contributed by atoms with E-state index in [1.165, 1.54) is 48.9 Å². The van der Waals surface area contributed by atoms with Crippen molar-refractivity contribution in [1.29, 1.82) is 0 Å². The summed E-state index contributed by atoms with van der Waals surface area (Å²) in [5.41, 5.74) is 9.99. The lowest BCUT2D eigenvalue weighted by Gasteiger charge is -2.14. The predicted octanol–water partition coefficient (Wildman–Crippen LogP) is 11.8. The van der Waals surface area contributed by atoms with Gasteiger partial charge < -0.3 is 4.57 Å². The van der Waals surface area contributed by atoms with Crippen molar-refractivity contribution >= 4 is 65.3 Å². The van der Waals surface area contributed by atoms with Gasteiger partial charge in [0, 0.05) is 38.2 Å². The first-order valence-electron chi connectivity index (χ1n) is 17.4. The highest BCUT2D eigenvalue weighted by Crippen LogP contribution is 2.39. The number of aromatic nitrogens is 4. The summed E-state index contributed by atoms with van der Waals surface area (Å²) in [4.78, 5) is 10.8. The Bertz CT molecular complexity index is 2930. The maximum atomic E-state index is 5.51. The van der Waals surface area contributed by atoms with Crippen LogP contribution in [0.4, 0.5) is 0 Å². The molecule has 0 N–H and O–H groups in total. The molecule has 0 fully saturated rings. The molecule has 7 aromatic carbocycles. The molecule has 4 heteroatoms. The van der Waals surface area contributed by atoms with Crippen LogP contribution in [0, 0.1) is 5.92 Å². The average Bonchev–Trinajstić information content (AvgIpc) is 3.67. The molecule has 0 aliphatic heterocycles. The number of hydrogen-bond donors (Lipinski definition) is 0. The maximum absolute atomic E-state index is 5.51. The number of fused-ring (bicyclic) bond motifs is 9. The molecule has 0 saturated heterocycles. The van der Waals surface area contributed by atoms with Gasteiger partial charge in [-0.25, -0.2) is 9.97 Å². The summed E-state index contributed by atoms with van der Waals surface area (Å²) in [7, 11) is 0. The van der Waals surface area contributed by atoms with Crippen LogP contribution in [0.2, 0.25) is 0 Å². The first-order valence-corrected chi connectivity index (χ1v) is 17.4. The average molecular weight is 643 g/mol. The van der Waals surface area contributed by atoms with Gasteiger partial charge in [0.25, 0.3) is 0 Å². The molecule has 0 bridgehead atoms. The van der Waals surface area contributed by atoms with Crippen molar-refractivity contribution in [1.82, 2.24) is 19.1 Å². The minimum absolute atomic E-state index is 0.545. The van der Waals surface area contributed by atoms with Crippen LogP contribution >= 0.6 is 0 Å². The molecule has 0 saturated carbocycles. The molecule has 0 radical (unpaired) electrons. The number of para-hydroxylation sites is 3. The molecule has 0 aliphatic carbocycles. The minimum Gasteiger partial charge on any atom is -0.309 e. The summed E-state index contributed by atoms with van der Waals surface area (Å²) >= 11 is 0. The van der Waals surface area contributed by atoms with Gasteiger partial charge in [-0.2, -0.15) is 0 Å². The van der Waals surface area contributed by atoms with Crippen LogP contribution in [-0.2, 0) is 6.42 Å². The van der Waals surface area contributed by atoms with Gasteiger partial charge in [0.1, 0.15) is 0 Å². The van der Waals surface area contributed by atoms with Gasteiger partial charge in [-0.05, 0) is 83.3 Å². The Balaban J connectivity index is 1.28. The lowest BCUT2D eigenvalue weighted by molar-refractivity contribution is 0.648. The largest absolute Gasteiger partial charge is 0.309 e. The number of hydrogen-bond acceptors (Lipinski definition) is 2. The standard InChI is InChI=1S/C46H34N4/c1-29(2)26-30-20-23-39-38(27-30)45(32-22-24-42-37(28-32)35-16-8-10-18-40(35)49(42)33-13-4-3-5-14-33)48-46(47-39)50-41-19-11-9-17-36(41)44-34-15-7-6-12-31(34)21-25-43(44)50/h3-25,27-29H,26H2,1-2H3. The second-order valence-corrected chi connectivity index (χ2v) is 13.8. The third-order valence-corrected chi connectivity index (χ3v) is 10.1. The monoisotopic (exact) mass is 642 g/mol. The SMILES string of the molecule is CC(C)Cc1ccc2nc(-n3c4ccccc4c4c5ccccc5ccc43)nc(-c3ccc4c(c3)c3ccccc3n4-c3ccccc3)c2c1. The van der Waals surface area contributed by atoms with Crippen molar-refractivity contribution in [3.05, 3.63) is 157 Å². The van der Waals surface area contributed by atoms with Crippen LogP contribution in [0.5, 0.6) is 0 Å². The molecule has 238 valence electrons. The van der Waals surface area contributed by atoms with E-state index in [1.807, 2.05) is 0 Å². The van der Waals surface area contributed by atoms with Gasteiger partial charge in [0.2, 0.25) is 5.95 Å². The maximum Gasteiger partial charge on any atom is 0.235 e. The molecule has 0 amide bonds. The van der Waals surface area contributed by atoms with Crippen LogP contribution in [-0.4, -0.2) is 19.1 Å². The van der Waals surface area contributed by atoms with Crippen LogP contribution < -0.4 is 0 Å². The summed E-state index contributed by atoms with van der Waals surface area (Å²) in [6.07, 6.45) is 1.00. The third-order valence-electron chi connectivity index (χ3n) is 10.1. The first-order chi connectivity index (χ1) is 24.6. The van der Waals surface area contributed by atoms with Crippen LogP contribution in [0.15, 0.2) is 152 Å². The Kier molecular flexibility index (Phi) is 6.40. The van der Waals surface area contributed by atoms with E-state index in [0.29, 0.717) is 11.9 Å². The first kappa shape index (κ1) is 28.7. The van der Waals surface area contributed by atoms with E-state index in [2.05, 4.69) is 175 Å². The van der Waals surface area contributed by atoms with E-state index in [9.17, 15) is 0 Å². The molecule has 0 aliphatic rings. The van der Waals surface area contributed by atoms with Gasteiger partial charge >= 0.3 is 0 Å². The Morgan fingerprint density at radius 1 is 0.500 bits per heavy atom. The quantitative estimate of drug-likeness (QED) is 0.187. The zero-order chi connectivity index (χ0) is 33.3. The van der Waals surface area contributed by atoms with Gasteiger partial charge in [-0.1, -0.05) is 111 Å². The Labute approximate surface area is 289 Å². The van der Waals surface area contributed by atoms with Gasteiger partial charge in [-0.3, -0.25) is 4.57 Å². The van der Waals surface area contributed by atoms with E-state index in [1.54, 1.807) is 0 Å². The number of rotatable bonds is 5. The van der Waals surface area contributed by atoms with Crippen molar-refractivity contribution in [2.45, 2.75) is 20.3 Å². The van der Waals surface area contributed by atoms with E-state index in [4.69, 9.17) is 9.97 Å². The molecular weight excluding hydrogens is 609 g/mol. The van der Waals surface area contributed by atoms with Gasteiger partial charge in [-0.15, -0.1) is 0 Å². The number of benzene rings is 7. The molecule has 0 unspecified atom stereocenters. The molecule has 0 atom stereocenters. The fraction of sp³-hybridized carbons (Fsp3) is 0.0870. The summed E-state index contributed by atoms with van der Waals surface area (Å²) in [5.74, 6) is 1.22. The smallest absolute Gasteiger partial charge is 0.235 e. The lowest BCUT2D eigenvalue weighted by atomic mass is 9.98. The summed E-state index contributed by atoms with van der Waals surface area (Å²) in [6.45, 7) is 4.54. The highest BCUT2D eigenvalue weighted by Gasteiger charge is 2.20. The normalized spacial score (nSPS) is 12.1. The van der Waals surface area contributed by atoms with Crippen molar-refractivity contribution in [3.63, 3.8) is 0 Å². The van der Waals surface area contributed by atoms with Crippen LogP contribution in [0.1, 0.15) is 19.4 Å². The fourth-order valence-corrected chi connectivity index (χ4v) is 8.01. The molecule has 10 rings (SSSR count). The van der Waals surface area contributed by atoms with Crippen LogP contribution in [0.25, 0.3) is 88.2 Å². The van der Waals surface area contributed by atoms with E-state index >= 15 is 0 Å². The Hall–Kier alpha value is -6.26. The Morgan fingerprint density at radius 2 is 1.18 bits per heavy atom. The molecule has 50 heavy (non-hydrogen) atoms. The molecule has 3 heterocycles. The van der Waals surface area contributed by atoms with Crippen molar-refractivity contribution in [3.8, 4) is 22.9 Å². The van der Waals surface area contributed by atoms with Crippen LogP contribution in [0.3, 0.4) is 0 Å². The van der Waals surface area contributed by atoms with E-state index in [-0.39, 0.29) is 0 Å². The van der Waals surface area contributed by atoms with Crippen molar-refractivity contribution < 1.29 is 0 Å². The van der Waals surface area contributed by atoms with Crippen molar-refractivity contribution in [2.24, 2.45) is 5.92 Å². The van der Waals surface area contributed by atoms with Gasteiger partial charge in [0.05, 0.1) is 33.3 Å². The number of nitrogens with zero attached hydrogens (tertiary/aromatic N) is 4.